The summed E-state index contributed by atoms with van der Waals surface area (Å²) in [5.41, 5.74) is 0. The molecule has 3 heterocycles. The minimum atomic E-state index is -1.93. The van der Waals surface area contributed by atoms with Crippen LogP contribution in [0.2, 0.25) is 0 Å². The van der Waals surface area contributed by atoms with Crippen molar-refractivity contribution >= 4 is 0 Å². The zero-order valence-electron chi connectivity index (χ0n) is 17.7. The molecule has 11 N–H and O–H groups in total. The Labute approximate surface area is 192 Å². The molecule has 0 saturated carbocycles. The van der Waals surface area contributed by atoms with E-state index in [2.05, 4.69) is 0 Å². The fourth-order valence-corrected chi connectivity index (χ4v) is 4.05. The summed E-state index contributed by atoms with van der Waals surface area (Å²) in [5.74, 6) is 0. The first-order valence-electron chi connectivity index (χ1n) is 10.6. The van der Waals surface area contributed by atoms with Crippen LogP contribution in [-0.4, -0.2) is 168 Å². The van der Waals surface area contributed by atoms with Crippen molar-refractivity contribution in [1.29, 1.82) is 0 Å². The minimum Gasteiger partial charge on any atom is -0.394 e. The Kier molecular flexibility index (Phi) is 9.54. The van der Waals surface area contributed by atoms with Gasteiger partial charge in [-0.25, -0.2) is 0 Å². The van der Waals surface area contributed by atoms with E-state index in [1.165, 1.54) is 0 Å². The maximum Gasteiger partial charge on any atom is 0.187 e. The number of aliphatic hydroxyl groups is 11. The van der Waals surface area contributed by atoms with Crippen molar-refractivity contribution in [2.75, 3.05) is 19.8 Å². The van der Waals surface area contributed by atoms with E-state index in [-0.39, 0.29) is 0 Å². The van der Waals surface area contributed by atoms with Gasteiger partial charge in [0.25, 0.3) is 0 Å². The molecule has 0 amide bonds. The Bertz CT molecular complexity index is 637. The highest BCUT2D eigenvalue weighted by molar-refractivity contribution is 4.96. The third-order valence-corrected chi connectivity index (χ3v) is 6.09. The van der Waals surface area contributed by atoms with Crippen molar-refractivity contribution in [2.24, 2.45) is 0 Å². The Morgan fingerprint density at radius 3 is 1.47 bits per heavy atom. The van der Waals surface area contributed by atoms with Crippen molar-refractivity contribution in [3.63, 3.8) is 0 Å². The largest absolute Gasteiger partial charge is 0.394 e. The summed E-state index contributed by atoms with van der Waals surface area (Å²) in [4.78, 5) is 0. The standard InChI is InChI=1S/C18H32O16/c19-1-4-7(22)9(24)11(26)17(31-4)33-14-6(3-21)32-18(12(27)10(14)25)34-15-8(23)5(2-20)30-16(29)13(15)28/h4-29H,1-3H2/t4-,5-,6-,7-,8-,9+,10-,11-,12-,13-,14-,15+,16+,17-,18-/m1/s1. The van der Waals surface area contributed by atoms with E-state index in [9.17, 15) is 56.2 Å². The van der Waals surface area contributed by atoms with Crippen LogP contribution < -0.4 is 0 Å². The second-order valence-corrected chi connectivity index (χ2v) is 8.33. The lowest BCUT2D eigenvalue weighted by Gasteiger charge is -2.47. The Balaban J connectivity index is 1.72. The fraction of sp³-hybridized carbons (Fsp3) is 1.00. The molecule has 0 unspecified atom stereocenters. The number of hydrogen-bond donors (Lipinski definition) is 11. The normalized spacial score (nSPS) is 52.5. The Morgan fingerprint density at radius 2 is 0.912 bits per heavy atom. The highest BCUT2D eigenvalue weighted by atomic mass is 16.7. The predicted molar refractivity (Wildman–Crippen MR) is 101 cm³/mol. The summed E-state index contributed by atoms with van der Waals surface area (Å²) in [6, 6.07) is 0. The molecule has 0 radical (unpaired) electrons. The molecule has 0 spiro atoms. The van der Waals surface area contributed by atoms with E-state index in [1.54, 1.807) is 0 Å². The first-order valence-corrected chi connectivity index (χ1v) is 10.6. The highest BCUT2D eigenvalue weighted by Gasteiger charge is 2.53. The van der Waals surface area contributed by atoms with E-state index >= 15 is 0 Å². The van der Waals surface area contributed by atoms with E-state index in [4.69, 9.17) is 23.7 Å². The lowest BCUT2D eigenvalue weighted by atomic mass is 9.96. The molecule has 0 aliphatic carbocycles. The molecule has 0 aromatic heterocycles. The lowest BCUT2D eigenvalue weighted by Crippen LogP contribution is -2.66. The van der Waals surface area contributed by atoms with Crippen LogP contribution in [0.25, 0.3) is 0 Å². The minimum absolute atomic E-state index is 0.740. The van der Waals surface area contributed by atoms with E-state index in [1.807, 2.05) is 0 Å². The van der Waals surface area contributed by atoms with Crippen molar-refractivity contribution in [3.05, 3.63) is 0 Å². The molecule has 3 aliphatic heterocycles. The van der Waals surface area contributed by atoms with Crippen molar-refractivity contribution < 1.29 is 79.9 Å². The van der Waals surface area contributed by atoms with Crippen LogP contribution in [0.15, 0.2) is 0 Å². The summed E-state index contributed by atoms with van der Waals surface area (Å²) in [6.45, 7) is -2.31. The number of rotatable bonds is 7. The second kappa shape index (κ2) is 11.6. The summed E-state index contributed by atoms with van der Waals surface area (Å²) >= 11 is 0. The molecule has 3 fully saturated rings. The highest BCUT2D eigenvalue weighted by Crippen LogP contribution is 2.32. The van der Waals surface area contributed by atoms with Gasteiger partial charge in [0.2, 0.25) is 0 Å². The van der Waals surface area contributed by atoms with Crippen LogP contribution in [0.3, 0.4) is 0 Å². The number of hydrogen-bond acceptors (Lipinski definition) is 16. The van der Waals surface area contributed by atoms with Gasteiger partial charge in [0, 0.05) is 0 Å². The molecule has 16 heteroatoms. The lowest BCUT2D eigenvalue weighted by molar-refractivity contribution is -0.378. The second-order valence-electron chi connectivity index (χ2n) is 8.33. The molecular weight excluding hydrogens is 472 g/mol. The Morgan fingerprint density at radius 1 is 0.441 bits per heavy atom. The SMILES string of the molecule is OC[C@H]1O[C@H](O[C@H]2[C@H](O)[C@@H](O)[C@@H](O[C@@H]3[C@@H](O)[C@@H](O)O[C@H](CO)[C@H]3O)O[C@@H]2CO)[C@H](O)[C@@H](O)[C@@H]1O. The quantitative estimate of drug-likeness (QED) is 0.154. The first kappa shape index (κ1) is 27.9. The fourth-order valence-electron chi connectivity index (χ4n) is 4.05. The van der Waals surface area contributed by atoms with Crippen molar-refractivity contribution in [2.45, 2.75) is 92.1 Å². The zero-order valence-corrected chi connectivity index (χ0v) is 17.7. The van der Waals surface area contributed by atoms with Gasteiger partial charge in [0.1, 0.15) is 73.2 Å². The van der Waals surface area contributed by atoms with Gasteiger partial charge in [0.15, 0.2) is 18.9 Å². The summed E-state index contributed by atoms with van der Waals surface area (Å²) in [6.07, 6.45) is -25.3. The van der Waals surface area contributed by atoms with Gasteiger partial charge in [0.05, 0.1) is 19.8 Å². The Hall–Kier alpha value is -0.640. The molecule has 16 nitrogen and oxygen atoms in total. The molecule has 0 bridgehead atoms. The molecule has 0 aromatic rings. The van der Waals surface area contributed by atoms with Gasteiger partial charge >= 0.3 is 0 Å². The van der Waals surface area contributed by atoms with Gasteiger partial charge in [-0.15, -0.1) is 0 Å². The van der Waals surface area contributed by atoms with Crippen LogP contribution in [0.4, 0.5) is 0 Å². The number of ether oxygens (including phenoxy) is 5. The summed E-state index contributed by atoms with van der Waals surface area (Å²) in [5, 5.41) is 109. The topological polar surface area (TPSA) is 269 Å². The predicted octanol–water partition coefficient (Wildman–Crippen LogP) is -7.57. The maximum absolute atomic E-state index is 10.6. The molecule has 3 saturated heterocycles. The first-order chi connectivity index (χ1) is 16.0. The van der Waals surface area contributed by atoms with Gasteiger partial charge in [-0.3, -0.25) is 0 Å². The average Bonchev–Trinajstić information content (AvgIpc) is 2.83. The van der Waals surface area contributed by atoms with Crippen LogP contribution >= 0.6 is 0 Å². The molecule has 34 heavy (non-hydrogen) atoms. The van der Waals surface area contributed by atoms with Gasteiger partial charge in [-0.2, -0.15) is 0 Å². The van der Waals surface area contributed by atoms with Crippen LogP contribution in [0.1, 0.15) is 0 Å². The third-order valence-electron chi connectivity index (χ3n) is 6.09. The van der Waals surface area contributed by atoms with Gasteiger partial charge in [-0.1, -0.05) is 0 Å². The van der Waals surface area contributed by atoms with Crippen molar-refractivity contribution in [3.8, 4) is 0 Å². The van der Waals surface area contributed by atoms with Gasteiger partial charge < -0.3 is 79.9 Å². The summed E-state index contributed by atoms with van der Waals surface area (Å²) in [7, 11) is 0. The number of aliphatic hydroxyl groups excluding tert-OH is 11. The smallest absolute Gasteiger partial charge is 0.187 e. The summed E-state index contributed by atoms with van der Waals surface area (Å²) < 4.78 is 26.2. The maximum atomic E-state index is 10.6. The van der Waals surface area contributed by atoms with Crippen molar-refractivity contribution in [1.82, 2.24) is 0 Å². The molecular formula is C18H32O16. The van der Waals surface area contributed by atoms with Crippen LogP contribution in [0, 0.1) is 0 Å². The van der Waals surface area contributed by atoms with E-state index in [0.29, 0.717) is 0 Å². The third kappa shape index (κ3) is 5.37. The molecule has 0 aromatic carbocycles. The molecule has 3 aliphatic rings. The zero-order chi connectivity index (χ0) is 25.3. The van der Waals surface area contributed by atoms with Gasteiger partial charge in [-0.05, 0) is 0 Å². The molecule has 200 valence electrons. The average molecular weight is 504 g/mol. The molecule has 3 rings (SSSR count). The van der Waals surface area contributed by atoms with E-state index in [0.717, 1.165) is 0 Å². The monoisotopic (exact) mass is 504 g/mol. The van der Waals surface area contributed by atoms with Crippen LogP contribution in [0.5, 0.6) is 0 Å². The molecule has 15 atom stereocenters. The van der Waals surface area contributed by atoms with E-state index < -0.39 is 112 Å². The van der Waals surface area contributed by atoms with Crippen LogP contribution in [-0.2, 0) is 23.7 Å².